The zero-order valence-electron chi connectivity index (χ0n) is 7.66. The highest BCUT2D eigenvalue weighted by atomic mass is 16.3. The maximum atomic E-state index is 8.81. The molecule has 0 spiro atoms. The quantitative estimate of drug-likeness (QED) is 0.527. The van der Waals surface area contributed by atoms with E-state index in [1.54, 1.807) is 0 Å². The van der Waals surface area contributed by atoms with Gasteiger partial charge in [0.05, 0.1) is 6.61 Å². The Labute approximate surface area is 78.9 Å². The fourth-order valence-electron chi connectivity index (χ4n) is 1.08. The molecule has 0 atom stereocenters. The van der Waals surface area contributed by atoms with Crippen LogP contribution >= 0.6 is 0 Å². The van der Waals surface area contributed by atoms with Crippen LogP contribution in [0.15, 0.2) is 36.9 Å². The zero-order chi connectivity index (χ0) is 9.52. The third-order valence-electron chi connectivity index (χ3n) is 1.82. The number of aliphatic hydroxyl groups excluding tert-OH is 1. The lowest BCUT2D eigenvalue weighted by atomic mass is 10.1. The highest BCUT2D eigenvalue weighted by molar-refractivity contribution is 5.21. The van der Waals surface area contributed by atoms with Gasteiger partial charge in [0.25, 0.3) is 0 Å². The summed E-state index contributed by atoms with van der Waals surface area (Å²) >= 11 is 0. The van der Waals surface area contributed by atoms with Crippen molar-refractivity contribution >= 4 is 0 Å². The van der Waals surface area contributed by atoms with Gasteiger partial charge < -0.3 is 10.4 Å². The number of nitrogens with one attached hydrogen (secondary N) is 1. The molecule has 0 unspecified atom stereocenters. The molecule has 2 N–H and O–H groups in total. The van der Waals surface area contributed by atoms with E-state index >= 15 is 0 Å². The Hall–Kier alpha value is -1.12. The maximum Gasteiger partial charge on any atom is 0.0681 e. The minimum Gasteiger partial charge on any atom is -0.392 e. The summed E-state index contributed by atoms with van der Waals surface area (Å²) in [6.07, 6.45) is 1.84. The Balaban J connectivity index is 2.44. The predicted octanol–water partition coefficient (Wildman–Crippen LogP) is 1.45. The van der Waals surface area contributed by atoms with Gasteiger partial charge in [0.2, 0.25) is 0 Å². The van der Waals surface area contributed by atoms with Crippen LogP contribution in [-0.2, 0) is 13.2 Å². The van der Waals surface area contributed by atoms with Crippen molar-refractivity contribution in [1.29, 1.82) is 0 Å². The molecular weight excluding hydrogens is 162 g/mol. The Morgan fingerprint density at radius 1 is 1.23 bits per heavy atom. The first-order chi connectivity index (χ1) is 6.36. The van der Waals surface area contributed by atoms with Crippen molar-refractivity contribution in [2.75, 3.05) is 6.54 Å². The SMILES string of the molecule is C=CCNCc1ccc(CO)cc1. The number of hydrogen-bond donors (Lipinski definition) is 2. The summed E-state index contributed by atoms with van der Waals surface area (Å²) in [5.41, 5.74) is 2.17. The van der Waals surface area contributed by atoms with Crippen molar-refractivity contribution in [3.8, 4) is 0 Å². The highest BCUT2D eigenvalue weighted by Crippen LogP contribution is 2.03. The van der Waals surface area contributed by atoms with E-state index in [4.69, 9.17) is 5.11 Å². The average Bonchev–Trinajstić information content (AvgIpc) is 2.19. The molecular formula is C11H15NO. The molecule has 0 bridgehead atoms. The van der Waals surface area contributed by atoms with E-state index in [1.807, 2.05) is 30.3 Å². The largest absolute Gasteiger partial charge is 0.392 e. The van der Waals surface area contributed by atoms with Crippen molar-refractivity contribution < 1.29 is 5.11 Å². The van der Waals surface area contributed by atoms with Crippen molar-refractivity contribution in [2.24, 2.45) is 0 Å². The monoisotopic (exact) mass is 177 g/mol. The van der Waals surface area contributed by atoms with Gasteiger partial charge in [0.1, 0.15) is 0 Å². The van der Waals surface area contributed by atoms with Crippen molar-refractivity contribution in [3.05, 3.63) is 48.0 Å². The van der Waals surface area contributed by atoms with Gasteiger partial charge in [-0.25, -0.2) is 0 Å². The molecule has 13 heavy (non-hydrogen) atoms. The molecule has 0 heterocycles. The van der Waals surface area contributed by atoms with Crippen LogP contribution in [0.25, 0.3) is 0 Å². The fraction of sp³-hybridized carbons (Fsp3) is 0.273. The molecule has 0 aliphatic heterocycles. The topological polar surface area (TPSA) is 32.3 Å². The minimum atomic E-state index is 0.111. The molecule has 1 aromatic rings. The molecule has 0 aliphatic carbocycles. The summed E-state index contributed by atoms with van der Waals surface area (Å²) in [5, 5.41) is 12.0. The van der Waals surface area contributed by atoms with E-state index in [2.05, 4.69) is 11.9 Å². The standard InChI is InChI=1S/C11H15NO/c1-2-7-12-8-10-3-5-11(9-13)6-4-10/h2-6,12-13H,1,7-9H2. The van der Waals surface area contributed by atoms with Crippen LogP contribution in [0.2, 0.25) is 0 Å². The number of aliphatic hydroxyl groups is 1. The smallest absolute Gasteiger partial charge is 0.0681 e. The summed E-state index contributed by atoms with van der Waals surface area (Å²) in [5.74, 6) is 0. The van der Waals surface area contributed by atoms with Crippen molar-refractivity contribution in [1.82, 2.24) is 5.32 Å². The zero-order valence-corrected chi connectivity index (χ0v) is 7.66. The van der Waals surface area contributed by atoms with Gasteiger partial charge >= 0.3 is 0 Å². The van der Waals surface area contributed by atoms with E-state index in [0.29, 0.717) is 0 Å². The van der Waals surface area contributed by atoms with Gasteiger partial charge in [-0.15, -0.1) is 6.58 Å². The molecule has 1 rings (SSSR count). The van der Waals surface area contributed by atoms with Gasteiger partial charge in [0, 0.05) is 13.1 Å². The lowest BCUT2D eigenvalue weighted by Gasteiger charge is -2.02. The first-order valence-electron chi connectivity index (χ1n) is 4.37. The summed E-state index contributed by atoms with van der Waals surface area (Å²) < 4.78 is 0. The molecule has 0 aromatic heterocycles. The molecule has 0 aliphatic rings. The number of hydrogen-bond acceptors (Lipinski definition) is 2. The molecule has 0 fully saturated rings. The lowest BCUT2D eigenvalue weighted by molar-refractivity contribution is 0.282. The van der Waals surface area contributed by atoms with E-state index in [0.717, 1.165) is 18.7 Å². The average molecular weight is 177 g/mol. The van der Waals surface area contributed by atoms with Crippen LogP contribution < -0.4 is 5.32 Å². The molecule has 0 radical (unpaired) electrons. The van der Waals surface area contributed by atoms with Crippen molar-refractivity contribution in [2.45, 2.75) is 13.2 Å². The minimum absolute atomic E-state index is 0.111. The second-order valence-electron chi connectivity index (χ2n) is 2.89. The van der Waals surface area contributed by atoms with Gasteiger partial charge in [0.15, 0.2) is 0 Å². The lowest BCUT2D eigenvalue weighted by Crippen LogP contribution is -2.12. The molecule has 2 nitrogen and oxygen atoms in total. The third-order valence-corrected chi connectivity index (χ3v) is 1.82. The van der Waals surface area contributed by atoms with E-state index in [-0.39, 0.29) is 6.61 Å². The second kappa shape index (κ2) is 5.51. The summed E-state index contributed by atoms with van der Waals surface area (Å²) in [6.45, 7) is 5.40. The van der Waals surface area contributed by atoms with Gasteiger partial charge in [-0.2, -0.15) is 0 Å². The first kappa shape index (κ1) is 9.96. The molecule has 0 saturated carbocycles. The first-order valence-corrected chi connectivity index (χ1v) is 4.37. The predicted molar refractivity (Wildman–Crippen MR) is 54.3 cm³/mol. The third kappa shape index (κ3) is 3.40. The van der Waals surface area contributed by atoms with Crippen LogP contribution in [0.5, 0.6) is 0 Å². The van der Waals surface area contributed by atoms with E-state index in [9.17, 15) is 0 Å². The second-order valence-corrected chi connectivity index (χ2v) is 2.89. The Bertz CT molecular complexity index is 253. The summed E-state index contributed by atoms with van der Waals surface area (Å²) in [7, 11) is 0. The highest BCUT2D eigenvalue weighted by Gasteiger charge is 1.92. The molecule has 1 aromatic carbocycles. The molecule has 0 saturated heterocycles. The van der Waals surface area contributed by atoms with Crippen LogP contribution in [0.3, 0.4) is 0 Å². The van der Waals surface area contributed by atoms with Crippen LogP contribution in [0.1, 0.15) is 11.1 Å². The van der Waals surface area contributed by atoms with Gasteiger partial charge in [-0.3, -0.25) is 0 Å². The van der Waals surface area contributed by atoms with E-state index in [1.165, 1.54) is 5.56 Å². The number of benzene rings is 1. The summed E-state index contributed by atoms with van der Waals surface area (Å²) in [6, 6.07) is 7.90. The van der Waals surface area contributed by atoms with Crippen LogP contribution in [0, 0.1) is 0 Å². The van der Waals surface area contributed by atoms with Crippen molar-refractivity contribution in [3.63, 3.8) is 0 Å². The molecule has 0 amide bonds. The number of rotatable bonds is 5. The van der Waals surface area contributed by atoms with Gasteiger partial charge in [-0.05, 0) is 11.1 Å². The van der Waals surface area contributed by atoms with Crippen LogP contribution in [-0.4, -0.2) is 11.7 Å². The van der Waals surface area contributed by atoms with Gasteiger partial charge in [-0.1, -0.05) is 30.3 Å². The normalized spacial score (nSPS) is 9.92. The Morgan fingerprint density at radius 2 is 1.85 bits per heavy atom. The van der Waals surface area contributed by atoms with Crippen LogP contribution in [0.4, 0.5) is 0 Å². The fourth-order valence-corrected chi connectivity index (χ4v) is 1.08. The Kier molecular flexibility index (Phi) is 4.23. The van der Waals surface area contributed by atoms with E-state index < -0.39 is 0 Å². The Morgan fingerprint density at radius 3 is 2.38 bits per heavy atom. The molecule has 70 valence electrons. The molecule has 2 heteroatoms. The summed E-state index contributed by atoms with van der Waals surface area (Å²) in [4.78, 5) is 0. The maximum absolute atomic E-state index is 8.81.